The van der Waals surface area contributed by atoms with Gasteiger partial charge >= 0.3 is 0 Å². The first-order valence-electron chi connectivity index (χ1n) is 9.08. The van der Waals surface area contributed by atoms with E-state index >= 15 is 0 Å². The molecule has 1 amide bonds. The van der Waals surface area contributed by atoms with Gasteiger partial charge in [0.25, 0.3) is 5.91 Å². The van der Waals surface area contributed by atoms with Gasteiger partial charge in [-0.15, -0.1) is 0 Å². The molecule has 0 aliphatic heterocycles. The van der Waals surface area contributed by atoms with Crippen LogP contribution < -0.4 is 11.1 Å². The summed E-state index contributed by atoms with van der Waals surface area (Å²) in [6, 6.07) is 22.0. The standard InChI is InChI=1S/C23H20N4O/c1-25-23(28)22-19-13-18(16-5-3-2-4-6-16)21(27-20(19)11-12-26-22)17-9-7-15(14-24)8-10-17/h2-13H,14,24H2,1H3,(H,25,28). The second kappa shape index (κ2) is 7.58. The Bertz CT molecular complexity index is 1140. The zero-order valence-electron chi connectivity index (χ0n) is 15.5. The predicted octanol–water partition coefficient (Wildman–Crippen LogP) is 3.78. The molecule has 0 saturated heterocycles. The van der Waals surface area contributed by atoms with Crippen molar-refractivity contribution < 1.29 is 4.79 Å². The lowest BCUT2D eigenvalue weighted by Gasteiger charge is -2.13. The van der Waals surface area contributed by atoms with Crippen LogP contribution in [0.4, 0.5) is 0 Å². The molecule has 0 bridgehead atoms. The minimum absolute atomic E-state index is 0.230. The molecule has 0 aliphatic carbocycles. The van der Waals surface area contributed by atoms with E-state index in [1.807, 2.05) is 66.7 Å². The maximum absolute atomic E-state index is 12.3. The van der Waals surface area contributed by atoms with Gasteiger partial charge in [0.1, 0.15) is 5.69 Å². The zero-order chi connectivity index (χ0) is 19.5. The van der Waals surface area contributed by atoms with Crippen LogP contribution in [0.1, 0.15) is 16.1 Å². The van der Waals surface area contributed by atoms with Crippen LogP contribution in [0.5, 0.6) is 0 Å². The van der Waals surface area contributed by atoms with Crippen molar-refractivity contribution >= 4 is 16.8 Å². The fourth-order valence-electron chi connectivity index (χ4n) is 3.25. The van der Waals surface area contributed by atoms with Crippen LogP contribution >= 0.6 is 0 Å². The molecule has 0 fully saturated rings. The normalized spacial score (nSPS) is 10.8. The average Bonchev–Trinajstić information content (AvgIpc) is 2.78. The molecule has 0 spiro atoms. The highest BCUT2D eigenvalue weighted by molar-refractivity contribution is 6.06. The lowest BCUT2D eigenvalue weighted by molar-refractivity contribution is 0.0960. The van der Waals surface area contributed by atoms with Gasteiger partial charge in [-0.05, 0) is 23.3 Å². The first-order chi connectivity index (χ1) is 13.7. The minimum Gasteiger partial charge on any atom is -0.354 e. The molecule has 4 aromatic rings. The summed E-state index contributed by atoms with van der Waals surface area (Å²) in [6.07, 6.45) is 1.61. The van der Waals surface area contributed by atoms with Gasteiger partial charge in [-0.2, -0.15) is 0 Å². The summed E-state index contributed by atoms with van der Waals surface area (Å²) >= 11 is 0. The van der Waals surface area contributed by atoms with Gasteiger partial charge in [-0.25, -0.2) is 4.98 Å². The lowest BCUT2D eigenvalue weighted by Crippen LogP contribution is -2.19. The highest BCUT2D eigenvalue weighted by atomic mass is 16.1. The number of rotatable bonds is 4. The number of amides is 1. The number of hydrogen-bond acceptors (Lipinski definition) is 4. The van der Waals surface area contributed by atoms with Crippen molar-refractivity contribution in [3.8, 4) is 22.4 Å². The summed E-state index contributed by atoms with van der Waals surface area (Å²) in [7, 11) is 1.60. The van der Waals surface area contributed by atoms with Crippen LogP contribution in [-0.4, -0.2) is 22.9 Å². The number of carbonyl (C=O) groups excluding carboxylic acids is 1. The average molecular weight is 368 g/mol. The topological polar surface area (TPSA) is 80.9 Å². The zero-order valence-corrected chi connectivity index (χ0v) is 15.5. The van der Waals surface area contributed by atoms with E-state index in [4.69, 9.17) is 10.7 Å². The van der Waals surface area contributed by atoms with Gasteiger partial charge in [0, 0.05) is 36.3 Å². The fourth-order valence-corrected chi connectivity index (χ4v) is 3.25. The molecule has 0 aliphatic rings. The van der Waals surface area contributed by atoms with Crippen molar-refractivity contribution in [1.82, 2.24) is 15.3 Å². The molecule has 138 valence electrons. The number of benzene rings is 2. The molecule has 0 atom stereocenters. The maximum Gasteiger partial charge on any atom is 0.270 e. The number of carbonyl (C=O) groups is 1. The second-order valence-electron chi connectivity index (χ2n) is 6.46. The Morgan fingerprint density at radius 1 is 1.00 bits per heavy atom. The Morgan fingerprint density at radius 2 is 1.75 bits per heavy atom. The van der Waals surface area contributed by atoms with Crippen LogP contribution in [0.15, 0.2) is 72.9 Å². The third kappa shape index (κ3) is 3.23. The SMILES string of the molecule is CNC(=O)c1nccc2nc(-c3ccc(CN)cc3)c(-c3ccccc3)cc12. The van der Waals surface area contributed by atoms with Gasteiger partial charge in [-0.1, -0.05) is 54.6 Å². The summed E-state index contributed by atoms with van der Waals surface area (Å²) in [5.41, 5.74) is 11.7. The van der Waals surface area contributed by atoms with E-state index in [-0.39, 0.29) is 5.91 Å². The number of nitrogens with one attached hydrogen (secondary N) is 1. The van der Waals surface area contributed by atoms with E-state index in [1.165, 1.54) is 0 Å². The summed E-state index contributed by atoms with van der Waals surface area (Å²) < 4.78 is 0. The monoisotopic (exact) mass is 368 g/mol. The van der Waals surface area contributed by atoms with Crippen LogP contribution in [-0.2, 0) is 6.54 Å². The Balaban J connectivity index is 2.01. The summed E-state index contributed by atoms with van der Waals surface area (Å²) in [5.74, 6) is -0.230. The summed E-state index contributed by atoms with van der Waals surface area (Å²) in [4.78, 5) is 21.5. The van der Waals surface area contributed by atoms with Crippen LogP contribution in [0.3, 0.4) is 0 Å². The quantitative estimate of drug-likeness (QED) is 0.574. The van der Waals surface area contributed by atoms with E-state index in [2.05, 4.69) is 10.3 Å². The Kier molecular flexibility index (Phi) is 4.83. The van der Waals surface area contributed by atoms with Crippen LogP contribution in [0.2, 0.25) is 0 Å². The van der Waals surface area contributed by atoms with Crippen molar-refractivity contribution in [3.63, 3.8) is 0 Å². The van der Waals surface area contributed by atoms with Crippen molar-refractivity contribution in [2.24, 2.45) is 5.73 Å². The van der Waals surface area contributed by atoms with Crippen molar-refractivity contribution in [3.05, 3.63) is 84.2 Å². The molecule has 0 radical (unpaired) electrons. The largest absolute Gasteiger partial charge is 0.354 e. The number of nitrogens with two attached hydrogens (primary N) is 1. The van der Waals surface area contributed by atoms with Crippen molar-refractivity contribution in [2.75, 3.05) is 7.05 Å². The molecule has 28 heavy (non-hydrogen) atoms. The molecule has 5 heteroatoms. The molecule has 2 aromatic heterocycles. The van der Waals surface area contributed by atoms with Gasteiger partial charge in [0.05, 0.1) is 11.2 Å². The number of pyridine rings is 2. The van der Waals surface area contributed by atoms with Crippen LogP contribution in [0.25, 0.3) is 33.3 Å². The summed E-state index contributed by atoms with van der Waals surface area (Å²) in [6.45, 7) is 0.498. The lowest BCUT2D eigenvalue weighted by atomic mass is 9.96. The van der Waals surface area contributed by atoms with Crippen molar-refractivity contribution in [1.29, 1.82) is 0 Å². The fraction of sp³-hybridized carbons (Fsp3) is 0.0870. The molecule has 3 N–H and O–H groups in total. The van der Waals surface area contributed by atoms with E-state index in [9.17, 15) is 4.79 Å². The molecule has 0 unspecified atom stereocenters. The Morgan fingerprint density at radius 3 is 2.43 bits per heavy atom. The molecule has 2 heterocycles. The van der Waals surface area contributed by atoms with E-state index in [1.54, 1.807) is 13.2 Å². The highest BCUT2D eigenvalue weighted by Crippen LogP contribution is 2.34. The van der Waals surface area contributed by atoms with E-state index in [0.29, 0.717) is 12.2 Å². The summed E-state index contributed by atoms with van der Waals surface area (Å²) in [5, 5.41) is 3.38. The second-order valence-corrected chi connectivity index (χ2v) is 6.46. The molecule has 0 saturated carbocycles. The molecule has 4 rings (SSSR count). The van der Waals surface area contributed by atoms with E-state index < -0.39 is 0 Å². The van der Waals surface area contributed by atoms with Gasteiger partial charge in [0.15, 0.2) is 0 Å². The predicted molar refractivity (Wildman–Crippen MR) is 112 cm³/mol. The number of aromatic nitrogens is 2. The van der Waals surface area contributed by atoms with Crippen LogP contribution in [0, 0.1) is 0 Å². The number of nitrogens with zero attached hydrogens (tertiary/aromatic N) is 2. The molecule has 2 aromatic carbocycles. The van der Waals surface area contributed by atoms with Crippen molar-refractivity contribution in [2.45, 2.75) is 6.54 Å². The van der Waals surface area contributed by atoms with E-state index in [0.717, 1.165) is 38.9 Å². The highest BCUT2D eigenvalue weighted by Gasteiger charge is 2.16. The third-order valence-corrected chi connectivity index (χ3v) is 4.73. The minimum atomic E-state index is -0.230. The van der Waals surface area contributed by atoms with Gasteiger partial charge < -0.3 is 11.1 Å². The smallest absolute Gasteiger partial charge is 0.270 e. The molecular formula is C23H20N4O. The first kappa shape index (κ1) is 17.8. The molecule has 5 nitrogen and oxygen atoms in total. The number of hydrogen-bond donors (Lipinski definition) is 2. The first-order valence-corrected chi connectivity index (χ1v) is 9.08. The van der Waals surface area contributed by atoms with Gasteiger partial charge in [0.2, 0.25) is 0 Å². The molecular weight excluding hydrogens is 348 g/mol. The Labute approximate surface area is 163 Å². The number of fused-ring (bicyclic) bond motifs is 1. The maximum atomic E-state index is 12.3. The Hall–Kier alpha value is -3.57. The third-order valence-electron chi connectivity index (χ3n) is 4.73. The van der Waals surface area contributed by atoms with Gasteiger partial charge in [-0.3, -0.25) is 9.78 Å².